The molecule has 0 atom stereocenters. The van der Waals surface area contributed by atoms with E-state index in [1.165, 1.54) is 18.5 Å². The zero-order chi connectivity index (χ0) is 24.5. The lowest BCUT2D eigenvalue weighted by Gasteiger charge is -2.32. The van der Waals surface area contributed by atoms with Gasteiger partial charge >= 0.3 is 0 Å². The number of nitrogens with zero attached hydrogens (tertiary/aromatic N) is 6. The summed E-state index contributed by atoms with van der Waals surface area (Å²) >= 11 is 1.64. The smallest absolute Gasteiger partial charge is 0.232 e. The number of nitriles is 1. The third kappa shape index (κ3) is 6.65. The molecule has 7 nitrogen and oxygen atoms in total. The standard InChI is InChI=1S/C26H31N5OS.CHN/c1-29-14-16-31(17-15-29)26-27-19-24(33-23-10-3-2-4-11-23)25(28-26)32-20-21-8-7-9-22(18-21)30-12-5-6-13-30;1-2/h2-4,7-11,18-19H,5-6,12-17,20H2,1H3;1H. The third-order valence-corrected chi connectivity index (χ3v) is 7.23. The average molecular weight is 489 g/mol. The van der Waals surface area contributed by atoms with Gasteiger partial charge in [0.05, 0.1) is 11.1 Å². The van der Waals surface area contributed by atoms with Gasteiger partial charge in [0.2, 0.25) is 11.8 Å². The van der Waals surface area contributed by atoms with E-state index in [2.05, 4.69) is 64.7 Å². The zero-order valence-electron chi connectivity index (χ0n) is 20.2. The Hall–Kier alpha value is -3.28. The van der Waals surface area contributed by atoms with E-state index in [9.17, 15) is 0 Å². The lowest BCUT2D eigenvalue weighted by atomic mass is 10.2. The van der Waals surface area contributed by atoms with Crippen molar-refractivity contribution >= 4 is 23.4 Å². The highest BCUT2D eigenvalue weighted by Crippen LogP contribution is 2.35. The molecule has 0 N–H and O–H groups in total. The van der Waals surface area contributed by atoms with Crippen LogP contribution in [0, 0.1) is 11.8 Å². The molecule has 2 fully saturated rings. The van der Waals surface area contributed by atoms with Crippen LogP contribution in [0.15, 0.2) is 70.6 Å². The van der Waals surface area contributed by atoms with Crippen LogP contribution in [0.5, 0.6) is 5.88 Å². The van der Waals surface area contributed by atoms with Crippen LogP contribution in [-0.4, -0.2) is 61.2 Å². The number of benzene rings is 2. The van der Waals surface area contributed by atoms with Crippen LogP contribution < -0.4 is 14.5 Å². The van der Waals surface area contributed by atoms with Crippen molar-refractivity contribution in [2.45, 2.75) is 29.2 Å². The Kier molecular flexibility index (Phi) is 8.82. The Balaban J connectivity index is 0.00000141. The number of piperazine rings is 1. The number of rotatable bonds is 7. The number of ether oxygens (including phenoxy) is 1. The van der Waals surface area contributed by atoms with E-state index in [-0.39, 0.29) is 0 Å². The molecule has 3 aromatic rings. The van der Waals surface area contributed by atoms with Crippen LogP contribution in [-0.2, 0) is 6.61 Å². The first-order valence-electron chi connectivity index (χ1n) is 12.0. The van der Waals surface area contributed by atoms with Crippen molar-refractivity contribution in [3.8, 4) is 12.5 Å². The van der Waals surface area contributed by atoms with E-state index >= 15 is 0 Å². The van der Waals surface area contributed by atoms with Crippen LogP contribution in [0.4, 0.5) is 11.6 Å². The average Bonchev–Trinajstić information content (AvgIpc) is 3.46. The van der Waals surface area contributed by atoms with Crippen LogP contribution >= 0.6 is 11.8 Å². The van der Waals surface area contributed by atoms with Crippen LogP contribution in [0.25, 0.3) is 0 Å². The summed E-state index contributed by atoms with van der Waals surface area (Å²) in [6, 6.07) is 19.0. The second-order valence-corrected chi connectivity index (χ2v) is 9.81. The molecule has 0 unspecified atom stereocenters. The van der Waals surface area contributed by atoms with Crippen molar-refractivity contribution in [1.29, 1.82) is 5.26 Å². The summed E-state index contributed by atoms with van der Waals surface area (Å²) in [6.45, 7) is 10.2. The molecule has 2 aromatic carbocycles. The summed E-state index contributed by atoms with van der Waals surface area (Å²) in [7, 11) is 2.16. The quantitative estimate of drug-likeness (QED) is 0.474. The Morgan fingerprint density at radius 3 is 2.40 bits per heavy atom. The predicted molar refractivity (Wildman–Crippen MR) is 141 cm³/mol. The number of hydrogen-bond donors (Lipinski definition) is 0. The maximum Gasteiger partial charge on any atom is 0.232 e. The van der Waals surface area contributed by atoms with Gasteiger partial charge in [-0.25, -0.2) is 10.2 Å². The molecule has 0 saturated carbocycles. The minimum atomic E-state index is 0.489. The fraction of sp³-hybridized carbons (Fsp3) is 0.370. The molecule has 2 aliphatic heterocycles. The molecule has 2 saturated heterocycles. The number of aromatic nitrogens is 2. The van der Waals surface area contributed by atoms with E-state index in [0.29, 0.717) is 12.5 Å². The van der Waals surface area contributed by atoms with Gasteiger partial charge in [0.1, 0.15) is 6.61 Å². The summed E-state index contributed by atoms with van der Waals surface area (Å²) in [5.74, 6) is 1.40. The molecule has 0 spiro atoms. The fourth-order valence-corrected chi connectivity index (χ4v) is 5.11. The fourth-order valence-electron chi connectivity index (χ4n) is 4.26. The lowest BCUT2D eigenvalue weighted by Crippen LogP contribution is -2.45. The highest BCUT2D eigenvalue weighted by Gasteiger charge is 2.19. The van der Waals surface area contributed by atoms with Gasteiger partial charge in [-0.15, -0.1) is 0 Å². The Morgan fingerprint density at radius 1 is 0.914 bits per heavy atom. The maximum atomic E-state index is 6.50. The Labute approximate surface area is 212 Å². The van der Waals surface area contributed by atoms with Crippen LogP contribution in [0.2, 0.25) is 0 Å². The Bertz CT molecular complexity index is 1100. The van der Waals surface area contributed by atoms with Gasteiger partial charge in [0.15, 0.2) is 0 Å². The molecule has 35 heavy (non-hydrogen) atoms. The molecule has 0 aliphatic carbocycles. The van der Waals surface area contributed by atoms with Crippen molar-refractivity contribution in [1.82, 2.24) is 14.9 Å². The van der Waals surface area contributed by atoms with Crippen molar-refractivity contribution < 1.29 is 4.74 Å². The molecular weight excluding hydrogens is 456 g/mol. The normalized spacial score (nSPS) is 16.0. The maximum absolute atomic E-state index is 6.50. The topological polar surface area (TPSA) is 68.5 Å². The second kappa shape index (κ2) is 12.4. The molecule has 2 aliphatic rings. The minimum Gasteiger partial charge on any atom is -0.472 e. The third-order valence-electron chi connectivity index (χ3n) is 6.22. The van der Waals surface area contributed by atoms with E-state index in [0.717, 1.165) is 60.6 Å². The summed E-state index contributed by atoms with van der Waals surface area (Å²) in [5, 5.41) is 6.50. The number of hydrogen-bond acceptors (Lipinski definition) is 8. The van der Waals surface area contributed by atoms with Crippen molar-refractivity contribution in [3.05, 3.63) is 66.4 Å². The van der Waals surface area contributed by atoms with Gasteiger partial charge in [-0.2, -0.15) is 4.98 Å². The Morgan fingerprint density at radius 2 is 1.66 bits per heavy atom. The van der Waals surface area contributed by atoms with E-state index in [1.807, 2.05) is 24.4 Å². The molecule has 3 heterocycles. The van der Waals surface area contributed by atoms with Crippen molar-refractivity contribution in [2.24, 2.45) is 0 Å². The first-order chi connectivity index (χ1) is 17.2. The molecule has 8 heteroatoms. The monoisotopic (exact) mass is 488 g/mol. The lowest BCUT2D eigenvalue weighted by molar-refractivity contribution is 0.283. The van der Waals surface area contributed by atoms with Crippen molar-refractivity contribution in [3.63, 3.8) is 0 Å². The second-order valence-electron chi connectivity index (χ2n) is 8.70. The first kappa shape index (κ1) is 24.8. The summed E-state index contributed by atoms with van der Waals surface area (Å²) in [5.41, 5.74) is 2.45. The summed E-state index contributed by atoms with van der Waals surface area (Å²) in [6.07, 6.45) is 4.46. The SMILES string of the molecule is C#N.CN1CCN(c2ncc(Sc3ccccc3)c(OCc3cccc(N4CCCC4)c3)n2)CC1. The van der Waals surface area contributed by atoms with Gasteiger partial charge in [-0.3, -0.25) is 0 Å². The van der Waals surface area contributed by atoms with Crippen LogP contribution in [0.3, 0.4) is 0 Å². The zero-order valence-corrected chi connectivity index (χ0v) is 21.0. The van der Waals surface area contributed by atoms with Gasteiger partial charge < -0.3 is 19.4 Å². The van der Waals surface area contributed by atoms with Gasteiger partial charge in [0, 0.05) is 56.4 Å². The number of anilines is 2. The van der Waals surface area contributed by atoms with Gasteiger partial charge in [0.25, 0.3) is 0 Å². The van der Waals surface area contributed by atoms with Crippen LogP contribution in [0.1, 0.15) is 18.4 Å². The van der Waals surface area contributed by atoms with E-state index in [1.54, 1.807) is 11.8 Å². The highest BCUT2D eigenvalue weighted by molar-refractivity contribution is 7.99. The molecular formula is C27H32N6OS. The largest absolute Gasteiger partial charge is 0.472 e. The first-order valence-corrected chi connectivity index (χ1v) is 12.8. The predicted octanol–water partition coefficient (Wildman–Crippen LogP) is 4.70. The molecule has 0 radical (unpaired) electrons. The van der Waals surface area contributed by atoms with Gasteiger partial charge in [-0.1, -0.05) is 42.1 Å². The van der Waals surface area contributed by atoms with E-state index < -0.39 is 0 Å². The number of likely N-dealkylation sites (N-methyl/N-ethyl adjacent to an activating group) is 1. The summed E-state index contributed by atoms with van der Waals surface area (Å²) in [4.78, 5) is 18.7. The minimum absolute atomic E-state index is 0.489. The molecule has 5 rings (SSSR count). The molecule has 0 amide bonds. The van der Waals surface area contributed by atoms with Gasteiger partial charge in [-0.05, 0) is 49.7 Å². The molecule has 1 aromatic heterocycles. The van der Waals surface area contributed by atoms with E-state index in [4.69, 9.17) is 20.0 Å². The summed E-state index contributed by atoms with van der Waals surface area (Å²) < 4.78 is 6.34. The highest BCUT2D eigenvalue weighted by atomic mass is 32.2. The van der Waals surface area contributed by atoms with Crippen molar-refractivity contribution in [2.75, 3.05) is 56.1 Å². The molecule has 0 bridgehead atoms. The molecule has 182 valence electrons.